The van der Waals surface area contributed by atoms with Crippen LogP contribution < -0.4 is 58.2 Å². The summed E-state index contributed by atoms with van der Waals surface area (Å²) in [7, 11) is 0. The largest absolute Gasteiger partial charge is 1.00 e. The van der Waals surface area contributed by atoms with E-state index < -0.39 is 17.5 Å². The van der Waals surface area contributed by atoms with Gasteiger partial charge in [-0.05, 0) is 0 Å². The molecule has 0 atom stereocenters. The minimum Gasteiger partial charge on any atom is -0.543 e. The van der Waals surface area contributed by atoms with Gasteiger partial charge in [0.25, 0.3) is 0 Å². The smallest absolute Gasteiger partial charge is 0.543 e. The van der Waals surface area contributed by atoms with Crippen LogP contribution in [0.5, 0.6) is 0 Å². The van der Waals surface area contributed by atoms with Crippen LogP contribution >= 0.6 is 0 Å². The first kappa shape index (κ1) is 23.3. The van der Waals surface area contributed by atoms with Crippen LogP contribution in [0.4, 0.5) is 0 Å². The van der Waals surface area contributed by atoms with Gasteiger partial charge in [0.05, 0.1) is 0 Å². The fraction of sp³-hybridized carbons (Fsp3) is 0.500. The molecule has 0 saturated carbocycles. The van der Waals surface area contributed by atoms with Gasteiger partial charge in [0, 0.05) is 20.4 Å². The molecule has 0 unspecified atom stereocenters. The first-order valence-electron chi connectivity index (χ1n) is 2.61. The first-order valence-corrected chi connectivity index (χ1v) is 2.61. The molecule has 7 heteroatoms. The number of carboxylic acid groups (broad SMARTS) is 1. The molecule has 13 heavy (non-hydrogen) atoms. The van der Waals surface area contributed by atoms with Gasteiger partial charge in [-0.2, -0.15) is 6.10 Å². The molecule has 0 bridgehead atoms. The monoisotopic (exact) mass is 683 g/mol. The Kier molecular flexibility index (Phi) is 16.2. The van der Waals surface area contributed by atoms with E-state index in [1.807, 2.05) is 0 Å². The molecule has 0 saturated heterocycles. The Bertz CT molecular complexity index is 165. The number of aliphatic carboxylic acids is 1. The average Bonchev–Trinajstić information content (AvgIpc) is 1.86. The van der Waals surface area contributed by atoms with E-state index in [2.05, 4.69) is 0 Å². The van der Waals surface area contributed by atoms with Gasteiger partial charge in [0.1, 0.15) is 0 Å². The Morgan fingerprint density at radius 2 is 1.77 bits per heavy atom. The molecule has 0 aliphatic carbocycles. The molecular weight excluding hydrogens is 675 g/mol. The van der Waals surface area contributed by atoms with Crippen molar-refractivity contribution in [2.75, 3.05) is 0 Å². The molecule has 1 radical (unpaired) electrons. The number of rotatable bonds is 3. The number of hydrogen-bond acceptors (Lipinski definition) is 3. The fourth-order valence-corrected chi connectivity index (χ4v) is 0.316. The maximum atomic E-state index is 10.0. The molecule has 0 fully saturated rings. The molecule has 0 aromatic heterocycles. The van der Waals surface area contributed by atoms with Crippen molar-refractivity contribution in [1.82, 2.24) is 0 Å². The Labute approximate surface area is 134 Å². The third-order valence-corrected chi connectivity index (χ3v) is 1.05. The summed E-state index contributed by atoms with van der Waals surface area (Å²) in [5.74, 6) is -1.49. The maximum absolute atomic E-state index is 10.0. The molecule has 4 nitrogen and oxygen atoms in total. The summed E-state index contributed by atoms with van der Waals surface area (Å²) in [4.78, 5) is 20.0. The zero-order valence-electron chi connectivity index (χ0n) is 7.80. The quantitative estimate of drug-likeness (QED) is 0.314. The van der Waals surface area contributed by atoms with E-state index in [1.54, 1.807) is 0 Å². The van der Waals surface area contributed by atoms with Crippen molar-refractivity contribution in [2.24, 2.45) is 5.41 Å². The molecule has 2 N–H and O–H groups in total. The summed E-state index contributed by atoms with van der Waals surface area (Å²) >= 11 is 0. The van der Waals surface area contributed by atoms with Gasteiger partial charge in [-0.25, -0.2) is 5.41 Å². The summed E-state index contributed by atoms with van der Waals surface area (Å²) in [5, 5.41) is 16.9. The van der Waals surface area contributed by atoms with Crippen LogP contribution in [0.2, 0.25) is 0 Å². The summed E-state index contributed by atoms with van der Waals surface area (Å²) in [6, 6.07) is 0. The van der Waals surface area contributed by atoms with Crippen molar-refractivity contribution < 1.29 is 98.4 Å². The van der Waals surface area contributed by atoms with Crippen molar-refractivity contribution in [1.29, 1.82) is 0 Å². The molecule has 0 rings (SSSR count). The normalized spacial score (nSPS) is 8.23. The number of hydrogen-bond donors (Lipinski definition) is 2. The standard InChI is InChI=1S/C6H8O4.Rb.Re.Rf/c1-6(2,3-7)4(8)5(9)10;;;/h8H,1-2H3,(H,9,10);;;/q-2;+1;;. The van der Waals surface area contributed by atoms with Crippen LogP contribution in [0.15, 0.2) is 0 Å². The zero-order chi connectivity index (χ0) is 8.36. The van der Waals surface area contributed by atoms with E-state index in [4.69, 9.17) is 10.2 Å². The Morgan fingerprint density at radius 3 is 1.85 bits per heavy atom. The molecule has 67 valence electrons. The van der Waals surface area contributed by atoms with Crippen LogP contribution in [0, 0.1) is 11.5 Å². The van der Waals surface area contributed by atoms with Crippen LogP contribution in [-0.4, -0.2) is 22.5 Å². The second-order valence-corrected chi connectivity index (χ2v) is 2.38. The maximum Gasteiger partial charge on any atom is 1.00 e. The summed E-state index contributed by atoms with van der Waals surface area (Å²) in [6.07, 6.45) is 0.518. The van der Waals surface area contributed by atoms with Gasteiger partial charge in [-0.1, -0.05) is 0 Å². The van der Waals surface area contributed by atoms with Crippen LogP contribution in [0.3, 0.4) is 0 Å². The van der Waals surface area contributed by atoms with Crippen molar-refractivity contribution in [3.05, 3.63) is 6.10 Å². The van der Waals surface area contributed by atoms with E-state index in [-0.39, 0.29) is 78.6 Å². The number of carboxylic acids is 1. The molecule has 0 aliphatic heterocycles. The third kappa shape index (κ3) is 7.50. The summed E-state index contributed by atoms with van der Waals surface area (Å²) in [5.41, 5.74) is -1.41. The predicted octanol–water partition coefficient (Wildman–Crippen LogP) is -2.89. The van der Waals surface area contributed by atoms with Crippen molar-refractivity contribution in [3.8, 4) is 0 Å². The predicted molar refractivity (Wildman–Crippen MR) is 32.3 cm³/mol. The number of aliphatic hydroxyl groups is 1. The molecule has 0 aliphatic rings. The van der Waals surface area contributed by atoms with E-state index >= 15 is 0 Å². The molecule has 0 amide bonds. The second kappa shape index (κ2) is 9.01. The van der Waals surface area contributed by atoms with E-state index in [0.717, 1.165) is 0 Å². The Hall–Kier alpha value is 0.438. The third-order valence-electron chi connectivity index (χ3n) is 1.05. The molecule has 0 aromatic rings. The van der Waals surface area contributed by atoms with Gasteiger partial charge in [0.2, 0.25) is 0 Å². The average molecular weight is 683 g/mol. The van der Waals surface area contributed by atoms with Crippen LogP contribution in [-0.2, 0) is 30.0 Å². The minimum absolute atomic E-state index is 0. The fourth-order valence-electron chi connectivity index (χ4n) is 0.316. The van der Waals surface area contributed by atoms with Gasteiger partial charge in [-0.3, -0.25) is 11.1 Å². The number of carbonyl (C=O) groups excluding carboxylic acids is 1. The van der Waals surface area contributed by atoms with Crippen molar-refractivity contribution in [3.63, 3.8) is 0 Å². The van der Waals surface area contributed by atoms with Gasteiger partial charge in [-0.15, -0.1) is 13.8 Å². The minimum atomic E-state index is -1.49. The number of carbonyl (C=O) groups is 1. The Balaban J connectivity index is -0.000000135. The Morgan fingerprint density at radius 1 is 1.46 bits per heavy atom. The second-order valence-electron chi connectivity index (χ2n) is 2.38. The van der Waals surface area contributed by atoms with Gasteiger partial charge >= 0.3 is 58.2 Å². The molecule has 0 spiro atoms. The van der Waals surface area contributed by atoms with Crippen molar-refractivity contribution in [2.45, 2.75) is 13.8 Å². The van der Waals surface area contributed by atoms with Crippen molar-refractivity contribution >= 4 is 12.3 Å². The van der Waals surface area contributed by atoms with Crippen LogP contribution in [0.25, 0.3) is 0 Å². The van der Waals surface area contributed by atoms with Crippen LogP contribution in [0.1, 0.15) is 13.8 Å². The summed E-state index contributed by atoms with van der Waals surface area (Å²) in [6.45, 7) is 2.53. The van der Waals surface area contributed by atoms with Gasteiger partial charge in [0.15, 0.2) is 5.97 Å². The van der Waals surface area contributed by atoms with E-state index in [0.29, 0.717) is 0 Å². The zero-order valence-corrected chi connectivity index (χ0v) is 21.8. The first-order chi connectivity index (χ1) is 4.41. The molecule has 0 aromatic carbocycles. The SMILES string of the molecule is CC(C)([C-]=O)[C-](O)C(=O)O.[Rb+].[Re].[Rf]. The topological polar surface area (TPSA) is 74.6 Å². The van der Waals surface area contributed by atoms with E-state index in [9.17, 15) is 9.59 Å². The number of aliphatic hydroxyl groups excluding tert-OH is 1. The molecular formula is C6H8O4RbReRf-. The van der Waals surface area contributed by atoms with E-state index in [1.165, 1.54) is 20.1 Å². The summed E-state index contributed by atoms with van der Waals surface area (Å²) < 4.78 is 0. The van der Waals surface area contributed by atoms with Gasteiger partial charge < -0.3 is 15.0 Å². The molecule has 0 heterocycles.